The minimum Gasteiger partial charge on any atom is -0.444 e. The lowest BCUT2D eigenvalue weighted by atomic mass is 9.50. The summed E-state index contributed by atoms with van der Waals surface area (Å²) >= 11 is 6.04. The average molecular weight is 408 g/mol. The van der Waals surface area contributed by atoms with Crippen molar-refractivity contribution in [2.75, 3.05) is 13.1 Å². The summed E-state index contributed by atoms with van der Waals surface area (Å²) in [4.78, 5) is 14.2. The predicted molar refractivity (Wildman–Crippen MR) is 112 cm³/mol. The van der Waals surface area contributed by atoms with E-state index in [-0.39, 0.29) is 11.4 Å². The van der Waals surface area contributed by atoms with Crippen molar-refractivity contribution in [1.29, 1.82) is 0 Å². The number of hydrogen-bond donors (Lipinski definition) is 0. The lowest BCUT2D eigenvalue weighted by Gasteiger charge is -2.50. The molecule has 3 rings (SSSR count). The van der Waals surface area contributed by atoms with Crippen molar-refractivity contribution in [2.45, 2.75) is 77.0 Å². The highest BCUT2D eigenvalue weighted by molar-refractivity contribution is 6.50. The van der Waals surface area contributed by atoms with Crippen LogP contribution in [0.3, 0.4) is 0 Å². The molecule has 0 N–H and O–H groups in total. The first-order valence-electron chi connectivity index (χ1n) is 9.81. The van der Waals surface area contributed by atoms with E-state index in [1.54, 1.807) is 4.90 Å². The van der Waals surface area contributed by atoms with E-state index in [1.807, 2.05) is 72.7 Å². The number of halogens is 1. The van der Waals surface area contributed by atoms with Gasteiger partial charge in [-0.15, -0.1) is 0 Å². The van der Waals surface area contributed by atoms with Gasteiger partial charge >= 0.3 is 13.2 Å². The molecule has 1 aromatic carbocycles. The van der Waals surface area contributed by atoms with Gasteiger partial charge in [-0.2, -0.15) is 0 Å². The van der Waals surface area contributed by atoms with Crippen LogP contribution in [0.4, 0.5) is 4.79 Å². The molecule has 0 saturated carbocycles. The van der Waals surface area contributed by atoms with E-state index in [4.69, 9.17) is 25.6 Å². The Morgan fingerprint density at radius 3 is 2.07 bits per heavy atom. The fourth-order valence-electron chi connectivity index (χ4n) is 3.62. The Morgan fingerprint density at radius 1 is 1.11 bits per heavy atom. The van der Waals surface area contributed by atoms with Gasteiger partial charge in [0.15, 0.2) is 0 Å². The van der Waals surface area contributed by atoms with Gasteiger partial charge in [0.1, 0.15) is 5.60 Å². The van der Waals surface area contributed by atoms with Gasteiger partial charge in [0.05, 0.1) is 11.2 Å². The van der Waals surface area contributed by atoms with Crippen LogP contribution in [0.5, 0.6) is 0 Å². The molecule has 2 fully saturated rings. The summed E-state index contributed by atoms with van der Waals surface area (Å²) in [6.07, 6.45) is 0.441. The number of carbonyl (C=O) groups excluding carboxylic acids is 1. The summed E-state index contributed by atoms with van der Waals surface area (Å²) in [6.45, 7) is 14.9. The first kappa shape index (κ1) is 21.5. The third-order valence-corrected chi connectivity index (χ3v) is 6.14. The van der Waals surface area contributed by atoms with Crippen molar-refractivity contribution in [3.8, 4) is 0 Å². The minimum absolute atomic E-state index is 0.296. The first-order valence-corrected chi connectivity index (χ1v) is 10.2. The second-order valence-electron chi connectivity index (χ2n) is 10.1. The Morgan fingerprint density at radius 2 is 1.61 bits per heavy atom. The zero-order valence-corrected chi connectivity index (χ0v) is 18.7. The molecule has 0 atom stereocenters. The minimum atomic E-state index is -0.518. The fraction of sp³-hybridized carbons (Fsp3) is 0.667. The van der Waals surface area contributed by atoms with Gasteiger partial charge in [-0.05, 0) is 72.6 Å². The van der Waals surface area contributed by atoms with Crippen molar-refractivity contribution in [2.24, 2.45) is 0 Å². The maximum atomic E-state index is 12.5. The summed E-state index contributed by atoms with van der Waals surface area (Å²) in [5.41, 5.74) is -0.216. The normalized spacial score (nSPS) is 22.7. The monoisotopic (exact) mass is 407 g/mol. The number of benzene rings is 1. The Hall–Kier alpha value is -1.24. The van der Waals surface area contributed by atoms with Gasteiger partial charge in [-0.3, -0.25) is 0 Å². The zero-order chi connectivity index (χ0) is 21.0. The second kappa shape index (κ2) is 6.93. The smallest absolute Gasteiger partial charge is 0.444 e. The highest BCUT2D eigenvalue weighted by Crippen LogP contribution is 2.51. The van der Waals surface area contributed by atoms with E-state index in [2.05, 4.69) is 0 Å². The molecule has 1 aromatic rings. The third kappa shape index (κ3) is 4.19. The average Bonchev–Trinajstić information content (AvgIpc) is 2.71. The van der Waals surface area contributed by atoms with Crippen molar-refractivity contribution >= 4 is 24.8 Å². The van der Waals surface area contributed by atoms with Gasteiger partial charge in [0.25, 0.3) is 0 Å². The Balaban J connectivity index is 1.81. The topological polar surface area (TPSA) is 48.0 Å². The number of amides is 1. The van der Waals surface area contributed by atoms with Crippen molar-refractivity contribution in [3.05, 3.63) is 34.9 Å². The maximum absolute atomic E-state index is 12.5. The first-order chi connectivity index (χ1) is 12.7. The van der Waals surface area contributed by atoms with E-state index in [0.717, 1.165) is 12.0 Å². The highest BCUT2D eigenvalue weighted by atomic mass is 35.5. The molecule has 2 aliphatic rings. The lowest BCUT2D eigenvalue weighted by molar-refractivity contribution is -0.00348. The summed E-state index contributed by atoms with van der Waals surface area (Å²) in [6, 6.07) is 7.81. The van der Waals surface area contributed by atoms with Crippen molar-refractivity contribution in [3.63, 3.8) is 0 Å². The molecule has 2 heterocycles. The second-order valence-corrected chi connectivity index (χ2v) is 10.5. The summed E-state index contributed by atoms with van der Waals surface area (Å²) < 4.78 is 18.3. The number of likely N-dealkylation sites (tertiary alicyclic amines) is 1. The van der Waals surface area contributed by atoms with Crippen LogP contribution in [0.15, 0.2) is 24.3 Å². The number of nitrogens with zero attached hydrogens (tertiary/aromatic N) is 1. The van der Waals surface area contributed by atoms with Crippen molar-refractivity contribution in [1.82, 2.24) is 4.90 Å². The number of carbonyl (C=O) groups is 1. The van der Waals surface area contributed by atoms with Crippen LogP contribution in [0.25, 0.3) is 0 Å². The molecule has 28 heavy (non-hydrogen) atoms. The van der Waals surface area contributed by atoms with Gasteiger partial charge in [0.2, 0.25) is 0 Å². The molecule has 2 saturated heterocycles. The summed E-state index contributed by atoms with van der Waals surface area (Å²) in [5, 5.41) is 0.382. The SMILES string of the molecule is CC(C)(C)OC(=O)N1CC(Cc2ccc(Cl)cc2)(B2OC(C)(C)C(C)(C)O2)C1. The van der Waals surface area contributed by atoms with Crippen LogP contribution in [-0.2, 0) is 20.5 Å². The zero-order valence-electron chi connectivity index (χ0n) is 18.0. The van der Waals surface area contributed by atoms with Gasteiger partial charge in [-0.1, -0.05) is 23.7 Å². The standard InChI is InChI=1S/C21H31BClNO4/c1-18(2,3)26-17(25)24-13-21(14-24,12-15-8-10-16(23)11-9-15)22-27-19(4,5)20(6,7)28-22/h8-11H,12-14H2,1-7H3. The van der Waals surface area contributed by atoms with Crippen molar-refractivity contribution < 1.29 is 18.8 Å². The van der Waals surface area contributed by atoms with Crippen LogP contribution in [0, 0.1) is 0 Å². The Labute approximate surface area is 173 Å². The number of rotatable bonds is 3. The molecule has 0 unspecified atom stereocenters. The highest BCUT2D eigenvalue weighted by Gasteiger charge is 2.64. The molecule has 7 heteroatoms. The number of hydrogen-bond acceptors (Lipinski definition) is 4. The molecule has 2 aliphatic heterocycles. The Bertz CT molecular complexity index is 720. The molecule has 0 aliphatic carbocycles. The van der Waals surface area contributed by atoms with Crippen LogP contribution in [0.1, 0.15) is 54.0 Å². The summed E-state index contributed by atoms with van der Waals surface area (Å²) in [5.74, 6) is 0. The van der Waals surface area contributed by atoms with E-state index in [9.17, 15) is 4.79 Å². The van der Waals surface area contributed by atoms with Gasteiger partial charge < -0.3 is 18.9 Å². The van der Waals surface area contributed by atoms with Crippen LogP contribution >= 0.6 is 11.6 Å². The molecular formula is C21H31BClNO4. The molecule has 0 aromatic heterocycles. The molecule has 1 amide bonds. The van der Waals surface area contributed by atoms with Crippen LogP contribution < -0.4 is 0 Å². The van der Waals surface area contributed by atoms with E-state index in [1.165, 1.54) is 0 Å². The molecule has 5 nitrogen and oxygen atoms in total. The fourth-order valence-corrected chi connectivity index (χ4v) is 3.74. The number of ether oxygens (including phenoxy) is 1. The lowest BCUT2D eigenvalue weighted by Crippen LogP contribution is -2.62. The summed E-state index contributed by atoms with van der Waals surface area (Å²) in [7, 11) is -0.396. The van der Waals surface area contributed by atoms with E-state index < -0.39 is 23.9 Å². The predicted octanol–water partition coefficient (Wildman–Crippen LogP) is 4.97. The third-order valence-electron chi connectivity index (χ3n) is 5.89. The Kier molecular flexibility index (Phi) is 5.31. The molecule has 0 radical (unpaired) electrons. The molecular weight excluding hydrogens is 376 g/mol. The van der Waals surface area contributed by atoms with Crippen LogP contribution in [-0.4, -0.2) is 48.0 Å². The molecule has 0 spiro atoms. The maximum Gasteiger partial charge on any atom is 0.468 e. The van der Waals surface area contributed by atoms with Gasteiger partial charge in [0, 0.05) is 23.4 Å². The van der Waals surface area contributed by atoms with Crippen LogP contribution in [0.2, 0.25) is 10.3 Å². The van der Waals surface area contributed by atoms with E-state index >= 15 is 0 Å². The van der Waals surface area contributed by atoms with Gasteiger partial charge in [-0.25, -0.2) is 4.79 Å². The van der Waals surface area contributed by atoms with E-state index in [0.29, 0.717) is 18.1 Å². The molecule has 154 valence electrons. The largest absolute Gasteiger partial charge is 0.468 e. The molecule has 0 bridgehead atoms. The quantitative estimate of drug-likeness (QED) is 0.664.